The van der Waals surface area contributed by atoms with E-state index in [1.807, 2.05) is 0 Å². The van der Waals surface area contributed by atoms with Crippen molar-refractivity contribution in [3.63, 3.8) is 0 Å². The molecule has 3 aromatic rings. The fourth-order valence-electron chi connectivity index (χ4n) is 2.48. The van der Waals surface area contributed by atoms with E-state index in [-0.39, 0.29) is 24.6 Å². The Morgan fingerprint density at radius 2 is 1.63 bits per heavy atom. The first-order chi connectivity index (χ1) is 13.0. The lowest BCUT2D eigenvalue weighted by Gasteiger charge is -2.09. The predicted molar refractivity (Wildman–Crippen MR) is 103 cm³/mol. The summed E-state index contributed by atoms with van der Waals surface area (Å²) in [5.41, 5.74) is 1.67. The van der Waals surface area contributed by atoms with E-state index in [9.17, 15) is 9.18 Å². The van der Waals surface area contributed by atoms with E-state index in [2.05, 4.69) is 0 Å². The molecule has 0 amide bonds. The molecule has 0 atom stereocenters. The van der Waals surface area contributed by atoms with Crippen LogP contribution in [0.4, 0.5) is 4.39 Å². The highest BCUT2D eigenvalue weighted by Crippen LogP contribution is 2.27. The lowest BCUT2D eigenvalue weighted by Crippen LogP contribution is -2.04. The van der Waals surface area contributed by atoms with Crippen molar-refractivity contribution in [2.45, 2.75) is 13.0 Å². The van der Waals surface area contributed by atoms with Crippen molar-refractivity contribution in [3.05, 3.63) is 93.2 Å². The highest BCUT2D eigenvalue weighted by atomic mass is 35.5. The Hall–Kier alpha value is -2.40. The minimum atomic E-state index is -0.569. The molecule has 0 radical (unpaired) electrons. The van der Waals surface area contributed by atoms with Crippen LogP contribution in [0.15, 0.2) is 60.7 Å². The molecule has 3 rings (SSSR count). The minimum absolute atomic E-state index is 0.0281. The van der Waals surface area contributed by atoms with Crippen LogP contribution < -0.4 is 4.74 Å². The molecule has 27 heavy (non-hydrogen) atoms. The number of ketones is 1. The second-order valence-electron chi connectivity index (χ2n) is 5.90. The summed E-state index contributed by atoms with van der Waals surface area (Å²) >= 11 is 11.8. The molecule has 0 aliphatic carbocycles. The molecule has 3 aromatic carbocycles. The van der Waals surface area contributed by atoms with Gasteiger partial charge in [-0.3, -0.25) is 4.79 Å². The largest absolute Gasteiger partial charge is 0.454 e. The summed E-state index contributed by atoms with van der Waals surface area (Å²) in [4.78, 5) is 12.3. The average Bonchev–Trinajstić information content (AvgIpc) is 2.66. The lowest BCUT2D eigenvalue weighted by molar-refractivity contribution is 0.0993. The number of halogens is 3. The van der Waals surface area contributed by atoms with Gasteiger partial charge in [-0.2, -0.15) is 0 Å². The number of hydrogen-bond acceptors (Lipinski definition) is 3. The van der Waals surface area contributed by atoms with Crippen LogP contribution in [-0.2, 0) is 13.0 Å². The molecule has 0 aromatic heterocycles. The smallest absolute Gasteiger partial charge is 0.167 e. The third-order valence-electron chi connectivity index (χ3n) is 3.94. The van der Waals surface area contributed by atoms with Crippen molar-refractivity contribution in [2.75, 3.05) is 0 Å². The van der Waals surface area contributed by atoms with Crippen LogP contribution in [0.25, 0.3) is 0 Å². The van der Waals surface area contributed by atoms with Crippen LogP contribution in [-0.4, -0.2) is 10.9 Å². The summed E-state index contributed by atoms with van der Waals surface area (Å²) in [6.07, 6.45) is 0.0281. The number of benzene rings is 3. The molecule has 0 saturated heterocycles. The first kappa shape index (κ1) is 19.4. The average molecular weight is 405 g/mol. The fourth-order valence-corrected chi connectivity index (χ4v) is 2.78. The molecule has 0 aliphatic heterocycles. The van der Waals surface area contributed by atoms with Gasteiger partial charge in [-0.25, -0.2) is 4.39 Å². The normalized spacial score (nSPS) is 10.7. The van der Waals surface area contributed by atoms with Gasteiger partial charge in [-0.1, -0.05) is 41.4 Å². The summed E-state index contributed by atoms with van der Waals surface area (Å²) in [5.74, 6) is -0.259. The molecule has 3 nitrogen and oxygen atoms in total. The van der Waals surface area contributed by atoms with Gasteiger partial charge in [0.2, 0.25) is 0 Å². The second-order valence-corrected chi connectivity index (χ2v) is 6.71. The second kappa shape index (κ2) is 8.53. The third kappa shape index (κ3) is 4.86. The lowest BCUT2D eigenvalue weighted by atomic mass is 10.0. The molecule has 0 saturated carbocycles. The first-order valence-electron chi connectivity index (χ1n) is 8.10. The van der Waals surface area contributed by atoms with Crippen LogP contribution >= 0.6 is 23.2 Å². The van der Waals surface area contributed by atoms with Crippen molar-refractivity contribution < 1.29 is 19.0 Å². The van der Waals surface area contributed by atoms with Gasteiger partial charge in [-0.05, 0) is 53.6 Å². The van der Waals surface area contributed by atoms with Gasteiger partial charge in [0.25, 0.3) is 0 Å². The topological polar surface area (TPSA) is 46.5 Å². The van der Waals surface area contributed by atoms with Gasteiger partial charge >= 0.3 is 0 Å². The molecule has 138 valence electrons. The summed E-state index contributed by atoms with van der Waals surface area (Å²) in [5, 5.41) is 9.70. The van der Waals surface area contributed by atoms with Crippen LogP contribution in [0.3, 0.4) is 0 Å². The molecular weight excluding hydrogens is 390 g/mol. The van der Waals surface area contributed by atoms with Gasteiger partial charge in [0.05, 0.1) is 16.7 Å². The predicted octanol–water partition coefficient (Wildman–Crippen LogP) is 5.84. The SMILES string of the molecule is O=C(Cc1ccc(Oc2ccc(CO)cc2)c(F)c1)c1ccc(Cl)c(Cl)c1. The van der Waals surface area contributed by atoms with Crippen LogP contribution in [0.2, 0.25) is 10.0 Å². The third-order valence-corrected chi connectivity index (χ3v) is 4.68. The Morgan fingerprint density at radius 1 is 0.926 bits per heavy atom. The molecule has 0 bridgehead atoms. The summed E-state index contributed by atoms with van der Waals surface area (Å²) in [6.45, 7) is -0.0732. The fraction of sp³-hybridized carbons (Fsp3) is 0.0952. The van der Waals surface area contributed by atoms with E-state index < -0.39 is 5.82 Å². The van der Waals surface area contributed by atoms with Gasteiger partial charge in [-0.15, -0.1) is 0 Å². The van der Waals surface area contributed by atoms with Crippen LogP contribution in [0.1, 0.15) is 21.5 Å². The maximum Gasteiger partial charge on any atom is 0.167 e. The molecular formula is C21H15Cl2FO3. The maximum absolute atomic E-state index is 14.3. The Morgan fingerprint density at radius 3 is 2.26 bits per heavy atom. The number of aliphatic hydroxyl groups excluding tert-OH is 1. The Labute approximate surface area is 165 Å². The highest BCUT2D eigenvalue weighted by molar-refractivity contribution is 6.42. The Balaban J connectivity index is 1.71. The minimum Gasteiger partial charge on any atom is -0.454 e. The van der Waals surface area contributed by atoms with Crippen molar-refractivity contribution in [1.29, 1.82) is 0 Å². The number of hydrogen-bond donors (Lipinski definition) is 1. The van der Waals surface area contributed by atoms with Crippen LogP contribution in [0.5, 0.6) is 11.5 Å². The number of aliphatic hydroxyl groups is 1. The van der Waals surface area contributed by atoms with Gasteiger partial charge < -0.3 is 9.84 Å². The summed E-state index contributed by atoms with van der Waals surface area (Å²) in [6, 6.07) is 15.7. The zero-order valence-electron chi connectivity index (χ0n) is 14.1. The standard InChI is InChI=1S/C21H15Cl2FO3/c22-17-7-4-15(11-18(17)23)20(26)10-14-3-8-21(19(24)9-14)27-16-5-1-13(12-25)2-6-16/h1-9,11,25H,10,12H2. The van der Waals surface area contributed by atoms with E-state index in [4.69, 9.17) is 33.0 Å². The summed E-state index contributed by atoms with van der Waals surface area (Å²) in [7, 11) is 0. The van der Waals surface area contributed by atoms with Crippen LogP contribution in [0, 0.1) is 5.82 Å². The Bertz CT molecular complexity index is 972. The monoisotopic (exact) mass is 404 g/mol. The van der Waals surface area contributed by atoms with E-state index in [1.165, 1.54) is 18.2 Å². The van der Waals surface area contributed by atoms with Crippen molar-refractivity contribution in [2.24, 2.45) is 0 Å². The van der Waals surface area contributed by atoms with E-state index in [0.717, 1.165) is 5.56 Å². The van der Waals surface area contributed by atoms with Crippen molar-refractivity contribution in [3.8, 4) is 11.5 Å². The number of Topliss-reactive ketones (excluding diaryl/α,β-unsaturated/α-hetero) is 1. The van der Waals surface area contributed by atoms with Crippen molar-refractivity contribution in [1.82, 2.24) is 0 Å². The molecule has 0 fully saturated rings. The zero-order chi connectivity index (χ0) is 19.4. The molecule has 0 spiro atoms. The van der Waals surface area contributed by atoms with Crippen molar-refractivity contribution >= 4 is 29.0 Å². The molecule has 0 heterocycles. The Kier molecular flexibility index (Phi) is 6.11. The van der Waals surface area contributed by atoms with E-state index in [1.54, 1.807) is 42.5 Å². The van der Waals surface area contributed by atoms with Gasteiger partial charge in [0.15, 0.2) is 17.3 Å². The molecule has 6 heteroatoms. The number of carbonyl (C=O) groups excluding carboxylic acids is 1. The number of carbonyl (C=O) groups is 1. The highest BCUT2D eigenvalue weighted by Gasteiger charge is 2.12. The maximum atomic E-state index is 14.3. The number of rotatable bonds is 6. The first-order valence-corrected chi connectivity index (χ1v) is 8.86. The molecule has 0 aliphatic rings. The molecule has 0 unspecified atom stereocenters. The van der Waals surface area contributed by atoms with Gasteiger partial charge in [0, 0.05) is 12.0 Å². The molecule has 1 N–H and O–H groups in total. The number of ether oxygens (including phenoxy) is 1. The van der Waals surface area contributed by atoms with Gasteiger partial charge in [0.1, 0.15) is 5.75 Å². The zero-order valence-corrected chi connectivity index (χ0v) is 15.6. The summed E-state index contributed by atoms with van der Waals surface area (Å²) < 4.78 is 19.8. The quantitative estimate of drug-likeness (QED) is 0.524. The van der Waals surface area contributed by atoms with E-state index in [0.29, 0.717) is 26.9 Å². The van der Waals surface area contributed by atoms with E-state index >= 15 is 0 Å².